The molecule has 0 unspecified atom stereocenters. The number of hydrogen-bond donors (Lipinski definition) is 0. The van der Waals surface area contributed by atoms with E-state index in [2.05, 4.69) is 0 Å². The molecule has 0 fully saturated rings. The molecule has 1 aliphatic heterocycles. The summed E-state index contributed by atoms with van der Waals surface area (Å²) in [6.45, 7) is 0.212. The van der Waals surface area contributed by atoms with Crippen LogP contribution in [0.25, 0.3) is 0 Å². The quantitative estimate of drug-likeness (QED) is 0.844. The highest BCUT2D eigenvalue weighted by molar-refractivity contribution is 7.89. The normalized spacial score (nSPS) is 13.6. The fourth-order valence-corrected chi connectivity index (χ4v) is 3.59. The van der Waals surface area contributed by atoms with Crippen LogP contribution in [-0.4, -0.2) is 26.6 Å². The van der Waals surface area contributed by atoms with Gasteiger partial charge in [0, 0.05) is 18.6 Å². The Hall–Kier alpha value is -1.83. The molecule has 122 valence electrons. The van der Waals surface area contributed by atoms with Crippen LogP contribution in [-0.2, 0) is 16.6 Å². The van der Waals surface area contributed by atoms with Crippen LogP contribution in [0.1, 0.15) is 5.56 Å². The van der Waals surface area contributed by atoms with Crippen molar-refractivity contribution in [2.75, 3.05) is 13.8 Å². The molecule has 2 aromatic carbocycles. The van der Waals surface area contributed by atoms with Gasteiger partial charge >= 0.3 is 0 Å². The van der Waals surface area contributed by atoms with Crippen LogP contribution in [0, 0.1) is 5.82 Å². The number of halogens is 2. The zero-order valence-corrected chi connectivity index (χ0v) is 13.7. The van der Waals surface area contributed by atoms with Gasteiger partial charge in [0.15, 0.2) is 11.5 Å². The molecule has 0 amide bonds. The molecule has 1 heterocycles. The van der Waals surface area contributed by atoms with E-state index in [9.17, 15) is 12.8 Å². The number of fused-ring (bicyclic) bond motifs is 1. The average molecular weight is 358 g/mol. The Morgan fingerprint density at radius 2 is 1.91 bits per heavy atom. The molecule has 23 heavy (non-hydrogen) atoms. The number of benzene rings is 2. The molecule has 2 aromatic rings. The van der Waals surface area contributed by atoms with Crippen LogP contribution in [0.3, 0.4) is 0 Å². The molecule has 0 saturated heterocycles. The Morgan fingerprint density at radius 1 is 1.17 bits per heavy atom. The van der Waals surface area contributed by atoms with Gasteiger partial charge in [0.05, 0.1) is 0 Å². The summed E-state index contributed by atoms with van der Waals surface area (Å²) in [5.41, 5.74) is 0.703. The zero-order valence-electron chi connectivity index (χ0n) is 12.1. The lowest BCUT2D eigenvalue weighted by Gasteiger charge is -2.18. The number of ether oxygens (including phenoxy) is 2. The summed E-state index contributed by atoms with van der Waals surface area (Å²) in [5.74, 6) is 0.295. The first-order valence-electron chi connectivity index (χ1n) is 6.68. The second-order valence-corrected chi connectivity index (χ2v) is 7.47. The molecule has 0 saturated carbocycles. The van der Waals surface area contributed by atoms with E-state index in [-0.39, 0.29) is 18.4 Å². The van der Waals surface area contributed by atoms with Gasteiger partial charge < -0.3 is 9.47 Å². The van der Waals surface area contributed by atoms with Gasteiger partial charge in [-0.1, -0.05) is 17.7 Å². The third-order valence-electron chi connectivity index (χ3n) is 3.42. The van der Waals surface area contributed by atoms with Gasteiger partial charge in [-0.2, -0.15) is 4.31 Å². The molecule has 3 rings (SSSR count). The van der Waals surface area contributed by atoms with Gasteiger partial charge in [0.1, 0.15) is 10.7 Å². The van der Waals surface area contributed by atoms with Gasteiger partial charge in [-0.15, -0.1) is 0 Å². The molecule has 0 radical (unpaired) electrons. The van der Waals surface area contributed by atoms with Gasteiger partial charge in [-0.25, -0.2) is 12.8 Å². The first-order valence-corrected chi connectivity index (χ1v) is 8.49. The van der Waals surface area contributed by atoms with Crippen molar-refractivity contribution < 1.29 is 22.3 Å². The Morgan fingerprint density at radius 3 is 2.65 bits per heavy atom. The van der Waals surface area contributed by atoms with E-state index in [1.54, 1.807) is 18.2 Å². The summed E-state index contributed by atoms with van der Waals surface area (Å²) >= 11 is 5.66. The van der Waals surface area contributed by atoms with Crippen molar-refractivity contribution in [2.24, 2.45) is 0 Å². The van der Waals surface area contributed by atoms with Crippen molar-refractivity contribution in [2.45, 2.75) is 11.4 Å². The van der Waals surface area contributed by atoms with E-state index in [0.29, 0.717) is 17.1 Å². The summed E-state index contributed by atoms with van der Waals surface area (Å²) in [6.07, 6.45) is 0. The predicted octanol–water partition coefficient (Wildman–Crippen LogP) is 3.03. The van der Waals surface area contributed by atoms with Crippen molar-refractivity contribution in [1.29, 1.82) is 0 Å². The third-order valence-corrected chi connectivity index (χ3v) is 5.50. The maximum atomic E-state index is 13.9. The number of nitrogens with zero attached hydrogens (tertiary/aromatic N) is 1. The highest BCUT2D eigenvalue weighted by atomic mass is 35.5. The van der Waals surface area contributed by atoms with Crippen LogP contribution in [0.5, 0.6) is 11.5 Å². The summed E-state index contributed by atoms with van der Waals surface area (Å²) in [4.78, 5) is -0.412. The van der Waals surface area contributed by atoms with Crippen molar-refractivity contribution in [3.63, 3.8) is 0 Å². The molecule has 0 N–H and O–H groups in total. The molecule has 1 aliphatic rings. The number of rotatable bonds is 4. The van der Waals surface area contributed by atoms with Gasteiger partial charge in [0.25, 0.3) is 0 Å². The largest absolute Gasteiger partial charge is 0.454 e. The maximum absolute atomic E-state index is 13.9. The van der Waals surface area contributed by atoms with E-state index in [1.807, 2.05) is 0 Å². The number of sulfonamides is 1. The van der Waals surface area contributed by atoms with E-state index >= 15 is 0 Å². The van der Waals surface area contributed by atoms with Gasteiger partial charge in [-0.05, 0) is 35.9 Å². The fraction of sp³-hybridized carbons (Fsp3) is 0.200. The van der Waals surface area contributed by atoms with Crippen LogP contribution < -0.4 is 9.47 Å². The van der Waals surface area contributed by atoms with Crippen molar-refractivity contribution >= 4 is 21.6 Å². The molecule has 0 aliphatic carbocycles. The first-order chi connectivity index (χ1) is 10.9. The molecule has 0 bridgehead atoms. The lowest BCUT2D eigenvalue weighted by molar-refractivity contribution is 0.174. The topological polar surface area (TPSA) is 55.8 Å². The van der Waals surface area contributed by atoms with E-state index < -0.39 is 20.7 Å². The summed E-state index contributed by atoms with van der Waals surface area (Å²) in [7, 11) is -2.59. The van der Waals surface area contributed by atoms with Gasteiger partial charge in [-0.3, -0.25) is 0 Å². The van der Waals surface area contributed by atoms with Crippen molar-refractivity contribution in [3.8, 4) is 11.5 Å². The van der Waals surface area contributed by atoms with Crippen molar-refractivity contribution in [3.05, 3.63) is 52.8 Å². The average Bonchev–Trinajstić information content (AvgIpc) is 2.94. The lowest BCUT2D eigenvalue weighted by Crippen LogP contribution is -2.27. The maximum Gasteiger partial charge on any atom is 0.246 e. The van der Waals surface area contributed by atoms with Crippen LogP contribution in [0.15, 0.2) is 41.3 Å². The third kappa shape index (κ3) is 3.12. The van der Waals surface area contributed by atoms with Gasteiger partial charge in [0.2, 0.25) is 16.8 Å². The molecular formula is C15H13ClFNO4S. The Balaban J connectivity index is 1.85. The highest BCUT2D eigenvalue weighted by Crippen LogP contribution is 2.33. The molecule has 0 spiro atoms. The Bertz CT molecular complexity index is 857. The molecule has 8 heteroatoms. The molecule has 0 atom stereocenters. The summed E-state index contributed by atoms with van der Waals surface area (Å²) in [5, 5.41) is 0.139. The van der Waals surface area contributed by atoms with Crippen molar-refractivity contribution in [1.82, 2.24) is 4.31 Å². The second kappa shape index (κ2) is 5.99. The second-order valence-electron chi connectivity index (χ2n) is 5.02. The minimum atomic E-state index is -3.97. The van der Waals surface area contributed by atoms with E-state index in [0.717, 1.165) is 16.4 Å². The molecular weight excluding hydrogens is 345 g/mol. The smallest absolute Gasteiger partial charge is 0.246 e. The van der Waals surface area contributed by atoms with Crippen LogP contribution in [0.2, 0.25) is 5.02 Å². The Kier molecular flexibility index (Phi) is 4.18. The van der Waals surface area contributed by atoms with E-state index in [1.165, 1.54) is 13.1 Å². The van der Waals surface area contributed by atoms with E-state index in [4.69, 9.17) is 21.1 Å². The SMILES string of the molecule is CN(Cc1ccc2c(c1)OCO2)S(=O)(=O)c1ccc(Cl)cc1F. The lowest BCUT2D eigenvalue weighted by atomic mass is 10.2. The predicted molar refractivity (Wildman–Crippen MR) is 82.6 cm³/mol. The minimum absolute atomic E-state index is 0.0705. The summed E-state index contributed by atoms with van der Waals surface area (Å²) < 4.78 is 50.4. The molecule has 0 aromatic heterocycles. The van der Waals surface area contributed by atoms with Crippen LogP contribution >= 0.6 is 11.6 Å². The first kappa shape index (κ1) is 16.0. The standard InChI is InChI=1S/C15H13ClFNO4S/c1-18(8-10-2-4-13-14(6-10)22-9-21-13)23(19,20)15-5-3-11(16)7-12(15)17/h2-7H,8-9H2,1H3. The number of hydrogen-bond acceptors (Lipinski definition) is 4. The monoisotopic (exact) mass is 357 g/mol. The molecule has 5 nitrogen and oxygen atoms in total. The summed E-state index contributed by atoms with van der Waals surface area (Å²) in [6, 6.07) is 8.61. The minimum Gasteiger partial charge on any atom is -0.454 e. The highest BCUT2D eigenvalue weighted by Gasteiger charge is 2.25. The zero-order chi connectivity index (χ0) is 16.6. The Labute approximate surface area is 138 Å². The van der Waals surface area contributed by atoms with Crippen LogP contribution in [0.4, 0.5) is 4.39 Å². The fourth-order valence-electron chi connectivity index (χ4n) is 2.23.